The molecule has 2 rings (SSSR count). The van der Waals surface area contributed by atoms with Gasteiger partial charge in [-0.2, -0.15) is 0 Å². The molecule has 2 fully saturated rings. The Hall–Kier alpha value is -0.280. The molecule has 4 heteroatoms. The maximum Gasteiger partial charge on any atom is 0.225 e. The third kappa shape index (κ3) is 3.14. The first kappa shape index (κ1) is 14.8. The average Bonchev–Trinajstić information content (AvgIpc) is 2.77. The van der Waals surface area contributed by atoms with Crippen molar-refractivity contribution in [3.05, 3.63) is 0 Å². The molecule has 1 spiro atoms. The van der Waals surface area contributed by atoms with Crippen molar-refractivity contribution in [2.75, 3.05) is 26.2 Å². The summed E-state index contributed by atoms with van der Waals surface area (Å²) in [5, 5.41) is 3.46. The Morgan fingerprint density at radius 1 is 1.35 bits per heavy atom. The zero-order chi connectivity index (χ0) is 11.6. The monoisotopic (exact) mass is 260 g/mol. The zero-order valence-corrected chi connectivity index (χ0v) is 11.8. The van der Waals surface area contributed by atoms with Gasteiger partial charge in [0.15, 0.2) is 0 Å². The van der Waals surface area contributed by atoms with Crippen LogP contribution in [0.1, 0.15) is 39.5 Å². The normalized spacial score (nSPS) is 24.5. The minimum absolute atomic E-state index is 0. The van der Waals surface area contributed by atoms with Crippen molar-refractivity contribution in [3.63, 3.8) is 0 Å². The van der Waals surface area contributed by atoms with Crippen LogP contribution < -0.4 is 5.32 Å². The lowest BCUT2D eigenvalue weighted by molar-refractivity contribution is -0.137. The number of carbonyl (C=O) groups excluding carboxylic acids is 1. The molecule has 2 aliphatic rings. The number of amides is 1. The molecule has 3 nitrogen and oxygen atoms in total. The summed E-state index contributed by atoms with van der Waals surface area (Å²) >= 11 is 0. The molecule has 0 aliphatic carbocycles. The Kier molecular flexibility index (Phi) is 5.26. The largest absolute Gasteiger partial charge is 0.342 e. The third-order valence-corrected chi connectivity index (χ3v) is 4.50. The van der Waals surface area contributed by atoms with Gasteiger partial charge in [-0.15, -0.1) is 12.4 Å². The number of nitrogens with one attached hydrogen (secondary N) is 1. The van der Waals surface area contributed by atoms with E-state index in [1.165, 1.54) is 32.4 Å². The van der Waals surface area contributed by atoms with E-state index in [9.17, 15) is 4.79 Å². The van der Waals surface area contributed by atoms with Crippen LogP contribution in [0.5, 0.6) is 0 Å². The van der Waals surface area contributed by atoms with Crippen LogP contribution in [0.2, 0.25) is 0 Å². The Bertz CT molecular complexity index is 254. The molecule has 100 valence electrons. The lowest BCUT2D eigenvalue weighted by atomic mass is 9.77. The van der Waals surface area contributed by atoms with Gasteiger partial charge in [-0.25, -0.2) is 0 Å². The number of nitrogens with zero attached hydrogens (tertiary/aromatic N) is 1. The van der Waals surface area contributed by atoms with E-state index < -0.39 is 0 Å². The SMILES string of the molecule is CCC(C)C(=O)N1CCC2(CCNC2)CC1.Cl. The van der Waals surface area contributed by atoms with Crippen molar-refractivity contribution in [2.45, 2.75) is 39.5 Å². The summed E-state index contributed by atoms with van der Waals surface area (Å²) in [5.41, 5.74) is 0.520. The highest BCUT2D eigenvalue weighted by Crippen LogP contribution is 2.37. The van der Waals surface area contributed by atoms with Crippen LogP contribution in [0.3, 0.4) is 0 Å². The topological polar surface area (TPSA) is 32.3 Å². The summed E-state index contributed by atoms with van der Waals surface area (Å²) in [5.74, 6) is 0.569. The van der Waals surface area contributed by atoms with E-state index in [-0.39, 0.29) is 18.3 Å². The smallest absolute Gasteiger partial charge is 0.225 e. The number of likely N-dealkylation sites (tertiary alicyclic amines) is 1. The molecule has 1 atom stereocenters. The first-order valence-corrected chi connectivity index (χ1v) is 6.66. The van der Waals surface area contributed by atoms with Crippen LogP contribution >= 0.6 is 12.4 Å². The van der Waals surface area contributed by atoms with Crippen molar-refractivity contribution in [3.8, 4) is 0 Å². The Balaban J connectivity index is 0.00000144. The van der Waals surface area contributed by atoms with Crippen LogP contribution in [0.15, 0.2) is 0 Å². The van der Waals surface area contributed by atoms with Crippen LogP contribution in [0.4, 0.5) is 0 Å². The molecule has 1 N–H and O–H groups in total. The van der Waals surface area contributed by atoms with E-state index in [0.29, 0.717) is 11.3 Å². The average molecular weight is 261 g/mol. The maximum atomic E-state index is 12.0. The summed E-state index contributed by atoms with van der Waals surface area (Å²) in [6.07, 6.45) is 4.66. The highest BCUT2D eigenvalue weighted by molar-refractivity contribution is 5.85. The van der Waals surface area contributed by atoms with E-state index in [2.05, 4.69) is 17.1 Å². The number of piperidine rings is 1. The second-order valence-electron chi connectivity index (χ2n) is 5.56. The van der Waals surface area contributed by atoms with E-state index in [0.717, 1.165) is 19.5 Å². The fourth-order valence-corrected chi connectivity index (χ4v) is 2.91. The molecule has 0 saturated carbocycles. The van der Waals surface area contributed by atoms with Crippen LogP contribution in [-0.2, 0) is 4.79 Å². The number of rotatable bonds is 2. The minimum Gasteiger partial charge on any atom is -0.342 e. The molecule has 2 saturated heterocycles. The van der Waals surface area contributed by atoms with Crippen LogP contribution in [0.25, 0.3) is 0 Å². The van der Waals surface area contributed by atoms with E-state index in [1.807, 2.05) is 6.92 Å². The number of hydrogen-bond donors (Lipinski definition) is 1. The van der Waals surface area contributed by atoms with Gasteiger partial charge >= 0.3 is 0 Å². The van der Waals surface area contributed by atoms with Crippen molar-refractivity contribution in [2.24, 2.45) is 11.3 Å². The summed E-state index contributed by atoms with van der Waals surface area (Å²) in [6.45, 7) is 8.42. The predicted octanol–water partition coefficient (Wildman–Crippen LogP) is 2.06. The van der Waals surface area contributed by atoms with Crippen molar-refractivity contribution >= 4 is 18.3 Å². The lowest BCUT2D eigenvalue weighted by Gasteiger charge is -2.39. The van der Waals surface area contributed by atoms with Gasteiger partial charge in [0.05, 0.1) is 0 Å². The summed E-state index contributed by atoms with van der Waals surface area (Å²) in [7, 11) is 0. The summed E-state index contributed by atoms with van der Waals surface area (Å²) in [6, 6.07) is 0. The molecule has 2 heterocycles. The first-order chi connectivity index (χ1) is 7.67. The number of carbonyl (C=O) groups is 1. The fraction of sp³-hybridized carbons (Fsp3) is 0.923. The van der Waals surface area contributed by atoms with E-state index in [4.69, 9.17) is 0 Å². The van der Waals surface area contributed by atoms with Gasteiger partial charge in [0.2, 0.25) is 5.91 Å². The zero-order valence-electron chi connectivity index (χ0n) is 11.0. The number of hydrogen-bond acceptors (Lipinski definition) is 2. The highest BCUT2D eigenvalue weighted by Gasteiger charge is 2.38. The maximum absolute atomic E-state index is 12.0. The minimum atomic E-state index is 0. The molecule has 0 bridgehead atoms. The molecule has 1 amide bonds. The van der Waals surface area contributed by atoms with Crippen LogP contribution in [-0.4, -0.2) is 37.0 Å². The molecule has 0 aromatic rings. The van der Waals surface area contributed by atoms with Gasteiger partial charge in [-0.05, 0) is 37.6 Å². The second kappa shape index (κ2) is 6.05. The van der Waals surface area contributed by atoms with Gasteiger partial charge in [-0.1, -0.05) is 13.8 Å². The third-order valence-electron chi connectivity index (χ3n) is 4.50. The molecule has 1 unspecified atom stereocenters. The Labute approximate surface area is 111 Å². The second-order valence-corrected chi connectivity index (χ2v) is 5.56. The van der Waals surface area contributed by atoms with Gasteiger partial charge in [0.1, 0.15) is 0 Å². The molecule has 2 aliphatic heterocycles. The fourth-order valence-electron chi connectivity index (χ4n) is 2.91. The van der Waals surface area contributed by atoms with Gasteiger partial charge in [0, 0.05) is 25.6 Å². The quantitative estimate of drug-likeness (QED) is 0.824. The van der Waals surface area contributed by atoms with E-state index in [1.54, 1.807) is 0 Å². The van der Waals surface area contributed by atoms with Crippen molar-refractivity contribution in [1.29, 1.82) is 0 Å². The molecular formula is C13H25ClN2O. The van der Waals surface area contributed by atoms with E-state index >= 15 is 0 Å². The summed E-state index contributed by atoms with van der Waals surface area (Å²) < 4.78 is 0. The van der Waals surface area contributed by atoms with Gasteiger partial charge in [-0.3, -0.25) is 4.79 Å². The lowest BCUT2D eigenvalue weighted by Crippen LogP contribution is -2.45. The molecule has 0 aromatic heterocycles. The Morgan fingerprint density at radius 3 is 2.47 bits per heavy atom. The van der Waals surface area contributed by atoms with Crippen molar-refractivity contribution < 1.29 is 4.79 Å². The highest BCUT2D eigenvalue weighted by atomic mass is 35.5. The number of halogens is 1. The predicted molar refractivity (Wildman–Crippen MR) is 72.4 cm³/mol. The molecule has 0 radical (unpaired) electrons. The first-order valence-electron chi connectivity index (χ1n) is 6.66. The van der Waals surface area contributed by atoms with Gasteiger partial charge < -0.3 is 10.2 Å². The Morgan fingerprint density at radius 2 is 2.00 bits per heavy atom. The summed E-state index contributed by atoms with van der Waals surface area (Å²) in [4.78, 5) is 14.1. The standard InChI is InChI=1S/C13H24N2O.ClH/c1-3-11(2)12(16)15-8-5-13(6-9-15)4-7-14-10-13;/h11,14H,3-10H2,1-2H3;1H. The van der Waals surface area contributed by atoms with Gasteiger partial charge in [0.25, 0.3) is 0 Å². The molecule has 0 aromatic carbocycles. The van der Waals surface area contributed by atoms with Crippen LogP contribution in [0, 0.1) is 11.3 Å². The molecular weight excluding hydrogens is 236 g/mol. The van der Waals surface area contributed by atoms with Crippen molar-refractivity contribution in [1.82, 2.24) is 10.2 Å². The molecule has 17 heavy (non-hydrogen) atoms.